The summed E-state index contributed by atoms with van der Waals surface area (Å²) in [4.78, 5) is 12.8. The molecular formula is C21H25ClN2O2. The van der Waals surface area contributed by atoms with E-state index in [-0.39, 0.29) is 17.4 Å². The number of benzene rings is 2. The molecule has 1 atom stereocenters. The summed E-state index contributed by atoms with van der Waals surface area (Å²) in [5.41, 5.74) is 3.86. The molecule has 0 aliphatic carbocycles. The van der Waals surface area contributed by atoms with E-state index >= 15 is 0 Å². The first kappa shape index (κ1) is 18.7. The number of ether oxygens (including phenoxy) is 1. The van der Waals surface area contributed by atoms with Crippen LogP contribution < -0.4 is 15.4 Å². The third-order valence-corrected chi connectivity index (χ3v) is 5.02. The molecule has 2 aromatic rings. The zero-order valence-corrected chi connectivity index (χ0v) is 16.4. The summed E-state index contributed by atoms with van der Waals surface area (Å²) in [6.45, 7) is 7.10. The molecule has 0 spiro atoms. The Kier molecular flexibility index (Phi) is 5.26. The van der Waals surface area contributed by atoms with E-state index in [4.69, 9.17) is 16.3 Å². The highest BCUT2D eigenvalue weighted by atomic mass is 35.5. The van der Waals surface area contributed by atoms with Crippen molar-refractivity contribution in [2.24, 2.45) is 0 Å². The minimum Gasteiger partial charge on any atom is -0.497 e. The lowest BCUT2D eigenvalue weighted by molar-refractivity contribution is -0.118. The summed E-state index contributed by atoms with van der Waals surface area (Å²) in [5, 5.41) is 6.94. The number of carbonyl (C=O) groups is 1. The van der Waals surface area contributed by atoms with Gasteiger partial charge in [0, 0.05) is 17.3 Å². The van der Waals surface area contributed by atoms with Gasteiger partial charge in [-0.05, 0) is 52.8 Å². The average molecular weight is 373 g/mol. The lowest BCUT2D eigenvalue weighted by atomic mass is 9.87. The predicted molar refractivity (Wildman–Crippen MR) is 106 cm³/mol. The Labute approximate surface area is 159 Å². The van der Waals surface area contributed by atoms with Gasteiger partial charge in [-0.2, -0.15) is 0 Å². The molecule has 2 aromatic carbocycles. The smallest absolute Gasteiger partial charge is 0.246 e. The van der Waals surface area contributed by atoms with Crippen LogP contribution in [-0.4, -0.2) is 19.6 Å². The SMILES string of the molecule is COc1ccc2c(c1)CCNC2C(=O)Nc1ccc(C(C)(C)C)c(Cl)c1. The van der Waals surface area contributed by atoms with E-state index in [0.717, 1.165) is 35.4 Å². The molecule has 0 fully saturated rings. The van der Waals surface area contributed by atoms with Crippen molar-refractivity contribution in [3.63, 3.8) is 0 Å². The van der Waals surface area contributed by atoms with Gasteiger partial charge in [0.2, 0.25) is 5.91 Å². The maximum Gasteiger partial charge on any atom is 0.246 e. The molecule has 26 heavy (non-hydrogen) atoms. The van der Waals surface area contributed by atoms with Gasteiger partial charge in [0.1, 0.15) is 11.8 Å². The van der Waals surface area contributed by atoms with Crippen molar-refractivity contribution in [1.82, 2.24) is 5.32 Å². The van der Waals surface area contributed by atoms with Crippen LogP contribution in [0.25, 0.3) is 0 Å². The van der Waals surface area contributed by atoms with Crippen LogP contribution in [0, 0.1) is 0 Å². The van der Waals surface area contributed by atoms with Gasteiger partial charge in [-0.1, -0.05) is 44.5 Å². The molecule has 3 rings (SSSR count). The fourth-order valence-corrected chi connectivity index (χ4v) is 3.78. The normalized spacial score (nSPS) is 16.7. The number of anilines is 1. The van der Waals surface area contributed by atoms with Gasteiger partial charge < -0.3 is 15.4 Å². The van der Waals surface area contributed by atoms with Crippen molar-refractivity contribution in [2.75, 3.05) is 19.0 Å². The minimum atomic E-state index is -0.384. The number of carbonyl (C=O) groups excluding carboxylic acids is 1. The Balaban J connectivity index is 1.81. The highest BCUT2D eigenvalue weighted by Crippen LogP contribution is 2.32. The van der Waals surface area contributed by atoms with E-state index in [1.54, 1.807) is 7.11 Å². The van der Waals surface area contributed by atoms with Crippen molar-refractivity contribution >= 4 is 23.2 Å². The Morgan fingerprint density at radius 2 is 2.00 bits per heavy atom. The van der Waals surface area contributed by atoms with Crippen molar-refractivity contribution in [1.29, 1.82) is 0 Å². The zero-order chi connectivity index (χ0) is 18.9. The van der Waals surface area contributed by atoms with Crippen molar-refractivity contribution in [2.45, 2.75) is 38.6 Å². The first-order valence-electron chi connectivity index (χ1n) is 8.80. The van der Waals surface area contributed by atoms with E-state index in [2.05, 4.69) is 31.4 Å². The van der Waals surface area contributed by atoms with Gasteiger partial charge in [-0.25, -0.2) is 0 Å². The summed E-state index contributed by atoms with van der Waals surface area (Å²) >= 11 is 6.42. The number of hydrogen-bond donors (Lipinski definition) is 2. The Morgan fingerprint density at radius 1 is 1.23 bits per heavy atom. The second kappa shape index (κ2) is 7.29. The number of fused-ring (bicyclic) bond motifs is 1. The van der Waals surface area contributed by atoms with Gasteiger partial charge in [-0.15, -0.1) is 0 Å². The molecular weight excluding hydrogens is 348 g/mol. The summed E-state index contributed by atoms with van der Waals surface area (Å²) < 4.78 is 5.29. The molecule has 138 valence electrons. The Bertz CT molecular complexity index is 827. The van der Waals surface area contributed by atoms with E-state index in [1.807, 2.05) is 36.4 Å². The van der Waals surface area contributed by atoms with Crippen molar-refractivity contribution < 1.29 is 9.53 Å². The molecule has 2 N–H and O–H groups in total. The van der Waals surface area contributed by atoms with Crippen LogP contribution in [0.1, 0.15) is 43.5 Å². The minimum absolute atomic E-state index is 0.0391. The Hall–Kier alpha value is -2.04. The molecule has 0 saturated carbocycles. The van der Waals surface area contributed by atoms with Gasteiger partial charge in [0.15, 0.2) is 0 Å². The lowest BCUT2D eigenvalue weighted by Gasteiger charge is -2.27. The van der Waals surface area contributed by atoms with Gasteiger partial charge in [-0.3, -0.25) is 4.79 Å². The van der Waals surface area contributed by atoms with Gasteiger partial charge in [0.05, 0.1) is 7.11 Å². The second-order valence-corrected chi connectivity index (χ2v) is 8.04. The van der Waals surface area contributed by atoms with E-state index in [0.29, 0.717) is 10.7 Å². The fourth-order valence-electron chi connectivity index (χ4n) is 3.32. The fraction of sp³-hybridized carbons (Fsp3) is 0.381. The largest absolute Gasteiger partial charge is 0.497 e. The molecule has 0 saturated heterocycles. The van der Waals surface area contributed by atoms with Gasteiger partial charge >= 0.3 is 0 Å². The summed E-state index contributed by atoms with van der Waals surface area (Å²) in [7, 11) is 1.65. The molecule has 0 aromatic heterocycles. The molecule has 1 amide bonds. The highest BCUT2D eigenvalue weighted by molar-refractivity contribution is 6.31. The molecule has 4 nitrogen and oxygen atoms in total. The quantitative estimate of drug-likeness (QED) is 0.835. The monoisotopic (exact) mass is 372 g/mol. The van der Waals surface area contributed by atoms with Crippen molar-refractivity contribution in [3.05, 3.63) is 58.1 Å². The number of nitrogens with one attached hydrogen (secondary N) is 2. The van der Waals surface area contributed by atoms with Crippen molar-refractivity contribution in [3.8, 4) is 5.75 Å². The second-order valence-electron chi connectivity index (χ2n) is 7.64. The third kappa shape index (κ3) is 3.87. The Morgan fingerprint density at radius 3 is 2.65 bits per heavy atom. The summed E-state index contributed by atoms with van der Waals surface area (Å²) in [5.74, 6) is 0.727. The molecule has 0 radical (unpaired) electrons. The number of methoxy groups -OCH3 is 1. The highest BCUT2D eigenvalue weighted by Gasteiger charge is 2.27. The maximum atomic E-state index is 12.8. The van der Waals surface area contributed by atoms with E-state index < -0.39 is 0 Å². The first-order valence-corrected chi connectivity index (χ1v) is 9.18. The molecule has 1 unspecified atom stereocenters. The zero-order valence-electron chi connectivity index (χ0n) is 15.7. The molecule has 1 aliphatic heterocycles. The molecule has 1 heterocycles. The van der Waals surface area contributed by atoms with Crippen LogP contribution >= 0.6 is 11.6 Å². The first-order chi connectivity index (χ1) is 12.3. The maximum absolute atomic E-state index is 12.8. The topological polar surface area (TPSA) is 50.4 Å². The molecule has 0 bridgehead atoms. The number of hydrogen-bond acceptors (Lipinski definition) is 3. The lowest BCUT2D eigenvalue weighted by Crippen LogP contribution is -2.38. The molecule has 1 aliphatic rings. The van der Waals surface area contributed by atoms with Crippen LogP contribution in [0.2, 0.25) is 5.02 Å². The van der Waals surface area contributed by atoms with Gasteiger partial charge in [0.25, 0.3) is 0 Å². The van der Waals surface area contributed by atoms with Crippen LogP contribution in [0.5, 0.6) is 5.75 Å². The third-order valence-electron chi connectivity index (χ3n) is 4.71. The standard InChI is InChI=1S/C21H25ClN2O2/c1-21(2,3)17-8-5-14(12-18(17)22)24-20(25)19-16-7-6-15(26-4)11-13(16)9-10-23-19/h5-8,11-12,19,23H,9-10H2,1-4H3,(H,24,25). The van der Waals surface area contributed by atoms with Crippen LogP contribution in [0.3, 0.4) is 0 Å². The molecule has 5 heteroatoms. The number of amides is 1. The van der Waals surface area contributed by atoms with Crippen LogP contribution in [0.4, 0.5) is 5.69 Å². The van der Waals surface area contributed by atoms with E-state index in [9.17, 15) is 4.79 Å². The summed E-state index contributed by atoms with van der Waals surface area (Å²) in [6, 6.07) is 11.2. The summed E-state index contributed by atoms with van der Waals surface area (Å²) in [6.07, 6.45) is 0.877. The predicted octanol–water partition coefficient (Wildman–Crippen LogP) is 4.47. The van der Waals surface area contributed by atoms with Crippen LogP contribution in [-0.2, 0) is 16.6 Å². The van der Waals surface area contributed by atoms with Crippen LogP contribution in [0.15, 0.2) is 36.4 Å². The number of halogens is 1. The number of rotatable bonds is 3. The van der Waals surface area contributed by atoms with E-state index in [1.165, 1.54) is 0 Å². The average Bonchev–Trinajstić information content (AvgIpc) is 2.59.